The number of hydrogen-bond donors (Lipinski definition) is 2. The summed E-state index contributed by atoms with van der Waals surface area (Å²) >= 11 is 0. The Morgan fingerprint density at radius 1 is 0.676 bits per heavy atom. The lowest BCUT2D eigenvalue weighted by Gasteiger charge is -2.11. The third-order valence-corrected chi connectivity index (χ3v) is 9.87. The quantitative estimate of drug-likeness (QED) is 0.333. The average molecular weight is 493 g/mol. The molecule has 0 unspecified atom stereocenters. The van der Waals surface area contributed by atoms with Gasteiger partial charge in [0.05, 0.1) is 19.0 Å². The van der Waals surface area contributed by atoms with Crippen LogP contribution in [0.2, 0.25) is 0 Å². The Hall–Kier alpha value is -2.71. The van der Waals surface area contributed by atoms with Crippen LogP contribution in [0.1, 0.15) is 85.2 Å². The largest absolute Gasteiger partial charge is 0.366 e. The monoisotopic (exact) mass is 492 g/mol. The Kier molecular flexibility index (Phi) is 11.2. The number of carbonyl (C=O) groups is 2. The SMILES string of the molecule is CC(C)=C[SiH2]c1ccc(C(N)=O)c(CCCCCCc2cc([SiH2]C=C(C)C)ccc2C(N)=O)c1. The average Bonchev–Trinajstić information content (AvgIpc) is 2.78. The van der Waals surface area contributed by atoms with Gasteiger partial charge in [-0.25, -0.2) is 0 Å². The molecular formula is C28H40N2O2Si2. The highest BCUT2D eigenvalue weighted by Crippen LogP contribution is 2.15. The second kappa shape index (κ2) is 13.9. The molecule has 0 atom stereocenters. The fraction of sp³-hybridized carbons (Fsp3) is 0.357. The number of carbonyl (C=O) groups excluding carboxylic acids is 2. The van der Waals surface area contributed by atoms with E-state index in [4.69, 9.17) is 11.5 Å². The molecule has 4 N–H and O–H groups in total. The number of benzene rings is 2. The first-order chi connectivity index (χ1) is 16.2. The van der Waals surface area contributed by atoms with Crippen molar-refractivity contribution in [1.29, 1.82) is 0 Å². The van der Waals surface area contributed by atoms with Crippen LogP contribution < -0.4 is 21.8 Å². The normalized spacial score (nSPS) is 11.3. The van der Waals surface area contributed by atoms with E-state index in [2.05, 4.69) is 63.4 Å². The molecule has 0 aliphatic heterocycles. The van der Waals surface area contributed by atoms with E-state index in [1.54, 1.807) is 0 Å². The summed E-state index contributed by atoms with van der Waals surface area (Å²) in [7, 11) is -0.925. The summed E-state index contributed by atoms with van der Waals surface area (Å²) in [6.45, 7) is 8.50. The first-order valence-electron chi connectivity index (χ1n) is 12.3. The topological polar surface area (TPSA) is 86.2 Å². The zero-order chi connectivity index (χ0) is 25.1. The Bertz CT molecular complexity index is 981. The first kappa shape index (κ1) is 27.5. The number of allylic oxidation sites excluding steroid dienone is 2. The molecule has 0 bridgehead atoms. The molecule has 0 radical (unpaired) electrons. The molecule has 2 aromatic rings. The van der Waals surface area contributed by atoms with Gasteiger partial charge in [-0.05, 0) is 76.6 Å². The van der Waals surface area contributed by atoms with Crippen LogP contribution >= 0.6 is 0 Å². The second-order valence-corrected chi connectivity index (χ2v) is 12.9. The van der Waals surface area contributed by atoms with Crippen molar-refractivity contribution in [1.82, 2.24) is 0 Å². The number of nitrogens with two attached hydrogens (primary N) is 2. The fourth-order valence-corrected chi connectivity index (χ4v) is 6.60. The van der Waals surface area contributed by atoms with E-state index in [1.165, 1.54) is 21.5 Å². The molecule has 4 nitrogen and oxygen atoms in total. The van der Waals surface area contributed by atoms with E-state index in [0.717, 1.165) is 49.7 Å². The molecular weight excluding hydrogens is 452 g/mol. The summed E-state index contributed by atoms with van der Waals surface area (Å²) in [5, 5.41) is 2.69. The Morgan fingerprint density at radius 2 is 1.06 bits per heavy atom. The van der Waals surface area contributed by atoms with Crippen molar-refractivity contribution < 1.29 is 9.59 Å². The summed E-state index contributed by atoms with van der Waals surface area (Å²) in [6.07, 6.45) is 5.92. The predicted molar refractivity (Wildman–Crippen MR) is 151 cm³/mol. The number of hydrogen-bond acceptors (Lipinski definition) is 2. The minimum absolute atomic E-state index is 0.346. The van der Waals surface area contributed by atoms with Crippen molar-refractivity contribution in [3.8, 4) is 0 Å². The van der Waals surface area contributed by atoms with E-state index >= 15 is 0 Å². The summed E-state index contributed by atoms with van der Waals surface area (Å²) in [6, 6.07) is 12.3. The summed E-state index contributed by atoms with van der Waals surface area (Å²) in [5.41, 5.74) is 22.0. The van der Waals surface area contributed by atoms with Crippen molar-refractivity contribution in [2.75, 3.05) is 0 Å². The van der Waals surface area contributed by atoms with Crippen molar-refractivity contribution in [2.45, 2.75) is 66.2 Å². The first-order valence-corrected chi connectivity index (χ1v) is 15.3. The lowest BCUT2D eigenvalue weighted by Crippen LogP contribution is -2.19. The van der Waals surface area contributed by atoms with Gasteiger partial charge in [0.1, 0.15) is 0 Å². The molecule has 0 aromatic heterocycles. The van der Waals surface area contributed by atoms with Crippen molar-refractivity contribution in [3.63, 3.8) is 0 Å². The third-order valence-electron chi connectivity index (χ3n) is 6.00. The highest BCUT2D eigenvalue weighted by atomic mass is 28.2. The van der Waals surface area contributed by atoms with Crippen LogP contribution in [0.3, 0.4) is 0 Å². The van der Waals surface area contributed by atoms with Crippen LogP contribution in [-0.4, -0.2) is 30.9 Å². The van der Waals surface area contributed by atoms with E-state index < -0.39 is 19.0 Å². The van der Waals surface area contributed by atoms with Crippen molar-refractivity contribution in [2.24, 2.45) is 11.5 Å². The standard InChI is InChI=1S/C28H40N2O2Si2/c1-19(2)17-33-23-11-13-25(27(29)31)21(15-23)9-7-5-6-8-10-22-16-24(34-18-20(3)4)12-14-26(22)28(30)32/h11-18H,5-10,33-34H2,1-4H3,(H2,29,31)(H2,30,32). The molecule has 0 heterocycles. The number of amides is 2. The van der Waals surface area contributed by atoms with Gasteiger partial charge in [-0.2, -0.15) is 0 Å². The van der Waals surface area contributed by atoms with Crippen LogP contribution in [0, 0.1) is 0 Å². The van der Waals surface area contributed by atoms with Gasteiger partial charge in [0, 0.05) is 11.1 Å². The molecule has 0 fully saturated rings. The van der Waals surface area contributed by atoms with E-state index in [0.29, 0.717) is 11.1 Å². The van der Waals surface area contributed by atoms with Crippen LogP contribution in [0.5, 0.6) is 0 Å². The van der Waals surface area contributed by atoms with Gasteiger partial charge < -0.3 is 11.5 Å². The second-order valence-electron chi connectivity index (χ2n) is 9.60. The molecule has 0 saturated heterocycles. The number of rotatable bonds is 13. The molecule has 2 aromatic carbocycles. The van der Waals surface area contributed by atoms with Gasteiger partial charge in [-0.15, -0.1) is 0 Å². The molecule has 0 aliphatic carbocycles. The maximum Gasteiger partial charge on any atom is 0.248 e. The Labute approximate surface area is 209 Å². The molecule has 0 saturated carbocycles. The Morgan fingerprint density at radius 3 is 1.38 bits per heavy atom. The van der Waals surface area contributed by atoms with Crippen LogP contribution in [0.4, 0.5) is 0 Å². The van der Waals surface area contributed by atoms with Gasteiger partial charge >= 0.3 is 0 Å². The van der Waals surface area contributed by atoms with Crippen molar-refractivity contribution >= 4 is 41.2 Å². The lowest BCUT2D eigenvalue weighted by molar-refractivity contribution is 0.0991. The van der Waals surface area contributed by atoms with Gasteiger partial charge in [0.15, 0.2) is 0 Å². The van der Waals surface area contributed by atoms with Crippen LogP contribution in [0.25, 0.3) is 0 Å². The molecule has 34 heavy (non-hydrogen) atoms. The molecule has 182 valence electrons. The zero-order valence-corrected chi connectivity index (χ0v) is 24.1. The number of primary amides is 2. The molecule has 0 spiro atoms. The van der Waals surface area contributed by atoms with Crippen LogP contribution in [0.15, 0.2) is 58.9 Å². The number of aryl methyl sites for hydroxylation is 2. The van der Waals surface area contributed by atoms with Gasteiger partial charge in [0.2, 0.25) is 11.8 Å². The number of unbranched alkanes of at least 4 members (excludes halogenated alkanes) is 3. The molecule has 0 aliphatic rings. The molecule has 6 heteroatoms. The minimum Gasteiger partial charge on any atom is -0.366 e. The fourth-order valence-electron chi connectivity index (χ4n) is 4.07. The maximum absolute atomic E-state index is 11.9. The lowest BCUT2D eigenvalue weighted by atomic mass is 9.98. The summed E-state index contributed by atoms with van der Waals surface area (Å²) in [4.78, 5) is 23.7. The van der Waals surface area contributed by atoms with Gasteiger partial charge in [0.25, 0.3) is 0 Å². The third kappa shape index (κ3) is 9.27. The summed E-state index contributed by atoms with van der Waals surface area (Å²) in [5.74, 6) is -0.693. The molecule has 2 amide bonds. The predicted octanol–water partition coefficient (Wildman–Crippen LogP) is 2.67. The van der Waals surface area contributed by atoms with Gasteiger partial charge in [-0.3, -0.25) is 9.59 Å². The van der Waals surface area contributed by atoms with Crippen molar-refractivity contribution in [3.05, 3.63) is 81.2 Å². The summed E-state index contributed by atoms with van der Waals surface area (Å²) < 4.78 is 0. The van der Waals surface area contributed by atoms with E-state index in [-0.39, 0.29) is 11.8 Å². The van der Waals surface area contributed by atoms with Crippen LogP contribution in [-0.2, 0) is 12.8 Å². The highest BCUT2D eigenvalue weighted by Gasteiger charge is 2.11. The Balaban J connectivity index is 1.93. The smallest absolute Gasteiger partial charge is 0.248 e. The molecule has 2 rings (SSSR count). The highest BCUT2D eigenvalue weighted by molar-refractivity contribution is 6.59. The minimum atomic E-state index is -0.463. The van der Waals surface area contributed by atoms with E-state index in [9.17, 15) is 9.59 Å². The van der Waals surface area contributed by atoms with Gasteiger partial charge in [-0.1, -0.05) is 70.0 Å². The maximum atomic E-state index is 11.9. The zero-order valence-electron chi connectivity index (χ0n) is 21.2. The van der Waals surface area contributed by atoms with E-state index in [1.807, 2.05) is 12.1 Å².